The van der Waals surface area contributed by atoms with E-state index in [1.54, 1.807) is 0 Å². The van der Waals surface area contributed by atoms with Crippen molar-refractivity contribution in [3.63, 3.8) is 0 Å². The number of nitrogens with zero attached hydrogens (tertiary/aromatic N) is 3. The Labute approximate surface area is 81.7 Å². The van der Waals surface area contributed by atoms with Crippen LogP contribution in [0.3, 0.4) is 0 Å². The average Bonchev–Trinajstić information content (AvgIpc) is 2.20. The Hall–Kier alpha value is -2.00. The molecule has 0 aliphatic rings. The van der Waals surface area contributed by atoms with E-state index in [2.05, 4.69) is 16.7 Å². The number of aromatic nitrogens is 1. The maximum atomic E-state index is 9.29. The lowest BCUT2D eigenvalue weighted by atomic mass is 10.3. The monoisotopic (exact) mass is 193 g/mol. The number of rotatable bonds is 2. The van der Waals surface area contributed by atoms with E-state index in [4.69, 9.17) is 10.6 Å². The Balaban J connectivity index is 0.000000255. The molecule has 0 aromatic carbocycles. The summed E-state index contributed by atoms with van der Waals surface area (Å²) in [6.45, 7) is 2.10. The summed E-state index contributed by atoms with van der Waals surface area (Å²) in [4.78, 5) is 15.6. The summed E-state index contributed by atoms with van der Waals surface area (Å²) < 4.78 is 0. The van der Waals surface area contributed by atoms with Crippen molar-refractivity contribution in [3.05, 3.63) is 35.6 Å². The van der Waals surface area contributed by atoms with Gasteiger partial charge in [0.2, 0.25) is 0 Å². The van der Waals surface area contributed by atoms with Crippen molar-refractivity contribution in [1.82, 2.24) is 4.98 Å². The van der Waals surface area contributed by atoms with Crippen molar-refractivity contribution in [2.45, 2.75) is 13.3 Å². The molecule has 0 spiro atoms. The van der Waals surface area contributed by atoms with Crippen LogP contribution in [0.2, 0.25) is 0 Å². The van der Waals surface area contributed by atoms with Gasteiger partial charge >= 0.3 is 12.2 Å². The standard InChI is InChI=1S/C7H9N.C2H2N2O2/c1-2-7-5-3-4-6-8-7;3-4-1-2(5)6/h3-6H,2H2,1H3;1H,(H,5,6). The van der Waals surface area contributed by atoms with Crippen molar-refractivity contribution in [2.75, 3.05) is 0 Å². The predicted molar refractivity (Wildman–Crippen MR) is 50.9 cm³/mol. The van der Waals surface area contributed by atoms with Gasteiger partial charge in [-0.1, -0.05) is 13.0 Å². The van der Waals surface area contributed by atoms with E-state index in [0.29, 0.717) is 6.21 Å². The first-order chi connectivity index (χ1) is 6.70. The summed E-state index contributed by atoms with van der Waals surface area (Å²) >= 11 is 0. The quantitative estimate of drug-likeness (QED) is 0.432. The molecule has 1 heterocycles. The maximum absolute atomic E-state index is 9.29. The van der Waals surface area contributed by atoms with Crippen molar-refractivity contribution in [1.29, 1.82) is 0 Å². The molecule has 0 bridgehead atoms. The van der Waals surface area contributed by atoms with Crippen LogP contribution in [0.4, 0.5) is 0 Å². The van der Waals surface area contributed by atoms with Crippen LogP contribution in [0, 0.1) is 0 Å². The SMILES string of the molecule is CCc1ccccn1.[N-]=[N+]=CC(=O)O. The molecule has 0 radical (unpaired) electrons. The van der Waals surface area contributed by atoms with Crippen LogP contribution < -0.4 is 0 Å². The molecule has 0 aliphatic carbocycles. The van der Waals surface area contributed by atoms with Gasteiger partial charge in [-0.15, -0.1) is 0 Å². The zero-order valence-corrected chi connectivity index (χ0v) is 7.79. The van der Waals surface area contributed by atoms with Gasteiger partial charge in [0, 0.05) is 11.9 Å². The van der Waals surface area contributed by atoms with E-state index in [1.165, 1.54) is 0 Å². The first-order valence-corrected chi connectivity index (χ1v) is 4.01. The molecule has 1 N–H and O–H groups in total. The summed E-state index contributed by atoms with van der Waals surface area (Å²) in [6, 6.07) is 5.96. The third-order valence-electron chi connectivity index (χ3n) is 1.26. The molecule has 0 saturated carbocycles. The summed E-state index contributed by atoms with van der Waals surface area (Å²) in [6.07, 6.45) is 3.24. The molecule has 0 saturated heterocycles. The summed E-state index contributed by atoms with van der Waals surface area (Å²) in [7, 11) is 0. The molecule has 0 atom stereocenters. The zero-order chi connectivity index (χ0) is 10.8. The molecule has 5 heteroatoms. The Bertz CT molecular complexity index is 318. The highest BCUT2D eigenvalue weighted by molar-refractivity contribution is 6.19. The minimum atomic E-state index is -1.25. The lowest BCUT2D eigenvalue weighted by Crippen LogP contribution is -1.94. The Kier molecular flexibility index (Phi) is 6.55. The van der Waals surface area contributed by atoms with Crippen molar-refractivity contribution in [3.8, 4) is 0 Å². The van der Waals surface area contributed by atoms with Gasteiger partial charge in [0.15, 0.2) is 0 Å². The lowest BCUT2D eigenvalue weighted by molar-refractivity contribution is -0.132. The van der Waals surface area contributed by atoms with Gasteiger partial charge < -0.3 is 10.6 Å². The maximum Gasteiger partial charge on any atom is 0.411 e. The second kappa shape index (κ2) is 7.64. The minimum absolute atomic E-state index is 0.389. The molecule has 74 valence electrons. The number of aryl methyl sites for hydroxylation is 1. The molecular weight excluding hydrogens is 182 g/mol. The van der Waals surface area contributed by atoms with Crippen LogP contribution in [0.25, 0.3) is 5.53 Å². The first-order valence-electron chi connectivity index (χ1n) is 4.01. The normalized spacial score (nSPS) is 7.79. The largest absolute Gasteiger partial charge is 0.473 e. The molecule has 5 nitrogen and oxygen atoms in total. The molecule has 1 aromatic heterocycles. The van der Waals surface area contributed by atoms with Crippen LogP contribution in [-0.4, -0.2) is 27.1 Å². The molecule has 0 unspecified atom stereocenters. The molecule has 1 rings (SSSR count). The highest BCUT2D eigenvalue weighted by atomic mass is 16.4. The average molecular weight is 193 g/mol. The van der Waals surface area contributed by atoms with Crippen LogP contribution in [0.15, 0.2) is 24.4 Å². The third kappa shape index (κ3) is 6.69. The Morgan fingerprint density at radius 2 is 2.43 bits per heavy atom. The fourth-order valence-corrected chi connectivity index (χ4v) is 0.657. The Morgan fingerprint density at radius 3 is 2.64 bits per heavy atom. The van der Waals surface area contributed by atoms with Crippen molar-refractivity contribution >= 4 is 12.2 Å². The summed E-state index contributed by atoms with van der Waals surface area (Å²) in [5.41, 5.74) is 8.59. The number of carboxylic acid groups (broad SMARTS) is 1. The second-order valence-electron chi connectivity index (χ2n) is 2.26. The van der Waals surface area contributed by atoms with Crippen molar-refractivity contribution < 1.29 is 14.7 Å². The van der Waals surface area contributed by atoms with E-state index < -0.39 is 5.97 Å². The van der Waals surface area contributed by atoms with Gasteiger partial charge in [-0.2, -0.15) is 4.79 Å². The van der Waals surface area contributed by atoms with E-state index in [9.17, 15) is 4.79 Å². The molecule has 0 aliphatic heterocycles. The smallest absolute Gasteiger partial charge is 0.411 e. The minimum Gasteiger partial charge on any atom is -0.473 e. The highest BCUT2D eigenvalue weighted by Gasteiger charge is 1.88. The number of carbonyl (C=O) groups is 1. The number of aliphatic carboxylic acids is 1. The van der Waals surface area contributed by atoms with Gasteiger partial charge in [0.05, 0.1) is 0 Å². The number of carboxylic acids is 1. The summed E-state index contributed by atoms with van der Waals surface area (Å²) in [5.74, 6) is -1.25. The first kappa shape index (κ1) is 12.0. The molecule has 0 amide bonds. The van der Waals surface area contributed by atoms with Crippen molar-refractivity contribution in [2.24, 2.45) is 0 Å². The zero-order valence-electron chi connectivity index (χ0n) is 7.79. The van der Waals surface area contributed by atoms with Gasteiger partial charge in [-0.3, -0.25) is 4.98 Å². The van der Waals surface area contributed by atoms with E-state index in [1.807, 2.05) is 24.4 Å². The molecular formula is C9H11N3O2. The second-order valence-corrected chi connectivity index (χ2v) is 2.26. The van der Waals surface area contributed by atoms with Gasteiger partial charge in [-0.25, -0.2) is 4.79 Å². The van der Waals surface area contributed by atoms with E-state index >= 15 is 0 Å². The fraction of sp³-hybridized carbons (Fsp3) is 0.222. The Morgan fingerprint density at radius 1 is 1.71 bits per heavy atom. The predicted octanol–water partition coefficient (Wildman–Crippen LogP) is 1.02. The molecule has 0 fully saturated rings. The highest BCUT2D eigenvalue weighted by Crippen LogP contribution is 1.91. The van der Waals surface area contributed by atoms with Gasteiger partial charge in [0.1, 0.15) is 0 Å². The van der Waals surface area contributed by atoms with Gasteiger partial charge in [0.25, 0.3) is 0 Å². The van der Waals surface area contributed by atoms with E-state index in [-0.39, 0.29) is 0 Å². The third-order valence-corrected chi connectivity index (χ3v) is 1.26. The number of hydrogen-bond donors (Lipinski definition) is 1. The molecule has 1 aromatic rings. The lowest BCUT2D eigenvalue weighted by Gasteiger charge is -1.88. The number of pyridine rings is 1. The van der Waals surface area contributed by atoms with Crippen LogP contribution in [0.1, 0.15) is 12.6 Å². The topological polar surface area (TPSA) is 86.6 Å². The summed E-state index contributed by atoms with van der Waals surface area (Å²) in [5, 5.41) is 7.60. The van der Waals surface area contributed by atoms with Gasteiger partial charge in [-0.05, 0) is 18.6 Å². The number of hydrogen-bond acceptors (Lipinski definition) is 2. The fourth-order valence-electron chi connectivity index (χ4n) is 0.657. The molecule has 14 heavy (non-hydrogen) atoms. The van der Waals surface area contributed by atoms with E-state index in [0.717, 1.165) is 12.1 Å². The van der Waals surface area contributed by atoms with Crippen LogP contribution >= 0.6 is 0 Å². The van der Waals surface area contributed by atoms with Crippen LogP contribution in [0.5, 0.6) is 0 Å². The van der Waals surface area contributed by atoms with Crippen LogP contribution in [-0.2, 0) is 11.2 Å².